The van der Waals surface area contributed by atoms with Gasteiger partial charge in [0.1, 0.15) is 0 Å². The zero-order valence-corrected chi connectivity index (χ0v) is 10.4. The molecule has 0 fully saturated rings. The van der Waals surface area contributed by atoms with Crippen molar-refractivity contribution in [3.8, 4) is 11.1 Å². The van der Waals surface area contributed by atoms with Crippen molar-refractivity contribution in [1.29, 1.82) is 0 Å². The summed E-state index contributed by atoms with van der Waals surface area (Å²) in [6, 6.07) is 17.0. The van der Waals surface area contributed by atoms with Gasteiger partial charge in [-0.05, 0) is 17.5 Å². The van der Waals surface area contributed by atoms with Crippen LogP contribution < -0.4 is 5.32 Å². The number of para-hydroxylation sites is 1. The van der Waals surface area contributed by atoms with Gasteiger partial charge in [-0.25, -0.2) is 0 Å². The molecule has 0 aliphatic carbocycles. The van der Waals surface area contributed by atoms with Crippen LogP contribution in [0.5, 0.6) is 0 Å². The van der Waals surface area contributed by atoms with Crippen LogP contribution in [0.3, 0.4) is 0 Å². The van der Waals surface area contributed by atoms with Crippen molar-refractivity contribution in [3.63, 3.8) is 0 Å². The van der Waals surface area contributed by atoms with Crippen LogP contribution in [-0.4, -0.2) is 7.05 Å². The van der Waals surface area contributed by atoms with Crippen molar-refractivity contribution in [1.82, 2.24) is 0 Å². The highest BCUT2D eigenvalue weighted by Gasteiger charge is 2.08. The Labute approximate surface area is 105 Å². The maximum absolute atomic E-state index is 3.25. The van der Waals surface area contributed by atoms with Crippen LogP contribution in [0.1, 0.15) is 0 Å². The third-order valence-electron chi connectivity index (χ3n) is 2.97. The van der Waals surface area contributed by atoms with E-state index in [4.69, 9.17) is 0 Å². The fourth-order valence-electron chi connectivity index (χ4n) is 2.12. The Kier molecular flexibility index (Phi) is 2.57. The van der Waals surface area contributed by atoms with Crippen LogP contribution >= 0.6 is 11.3 Å². The molecule has 0 radical (unpaired) electrons. The Morgan fingerprint density at radius 2 is 1.65 bits per heavy atom. The van der Waals surface area contributed by atoms with E-state index >= 15 is 0 Å². The minimum absolute atomic E-state index is 1.18. The second-order valence-corrected chi connectivity index (χ2v) is 4.85. The molecule has 2 heteroatoms. The maximum Gasteiger partial charge on any atom is 0.0417 e. The number of hydrogen-bond acceptors (Lipinski definition) is 2. The number of anilines is 1. The first kappa shape index (κ1) is 10.4. The highest BCUT2D eigenvalue weighted by Crippen LogP contribution is 2.37. The average Bonchev–Trinajstić information content (AvgIpc) is 2.82. The Hall–Kier alpha value is -1.80. The van der Waals surface area contributed by atoms with Crippen LogP contribution in [0.25, 0.3) is 21.2 Å². The van der Waals surface area contributed by atoms with Gasteiger partial charge in [-0.3, -0.25) is 0 Å². The van der Waals surface area contributed by atoms with E-state index in [9.17, 15) is 0 Å². The molecule has 2 aromatic carbocycles. The van der Waals surface area contributed by atoms with E-state index in [-0.39, 0.29) is 0 Å². The first-order chi connectivity index (χ1) is 8.40. The zero-order chi connectivity index (χ0) is 11.7. The molecule has 1 aromatic heterocycles. The summed E-state index contributed by atoms with van der Waals surface area (Å²) < 4.78 is 1.34. The lowest BCUT2D eigenvalue weighted by atomic mass is 10.0. The number of nitrogens with one attached hydrogen (secondary N) is 1. The number of rotatable bonds is 2. The molecular weight excluding hydrogens is 226 g/mol. The molecule has 1 N–H and O–H groups in total. The summed E-state index contributed by atoms with van der Waals surface area (Å²) in [5.74, 6) is 0. The van der Waals surface area contributed by atoms with Crippen LogP contribution in [0.2, 0.25) is 0 Å². The van der Waals surface area contributed by atoms with Crippen molar-refractivity contribution in [2.75, 3.05) is 12.4 Å². The summed E-state index contributed by atoms with van der Waals surface area (Å²) in [5, 5.41) is 6.82. The van der Waals surface area contributed by atoms with Gasteiger partial charge in [-0.1, -0.05) is 36.4 Å². The van der Waals surface area contributed by atoms with E-state index in [2.05, 4.69) is 59.2 Å². The average molecular weight is 239 g/mol. The van der Waals surface area contributed by atoms with Crippen molar-refractivity contribution < 1.29 is 0 Å². The lowest BCUT2D eigenvalue weighted by Gasteiger charge is -2.07. The van der Waals surface area contributed by atoms with Gasteiger partial charge in [0.2, 0.25) is 0 Å². The molecule has 84 valence electrons. The SMILES string of the molecule is CNc1ccccc1-c1csc2ccccc12. The fourth-order valence-corrected chi connectivity index (χ4v) is 3.08. The zero-order valence-electron chi connectivity index (χ0n) is 9.60. The van der Waals surface area contributed by atoms with Gasteiger partial charge in [-0.15, -0.1) is 11.3 Å². The molecule has 0 atom stereocenters. The third kappa shape index (κ3) is 1.71. The van der Waals surface area contributed by atoms with Gasteiger partial charge < -0.3 is 5.32 Å². The molecule has 3 rings (SSSR count). The number of thiophene rings is 1. The molecule has 3 aromatic rings. The minimum atomic E-state index is 1.18. The Balaban J connectivity index is 2.27. The van der Waals surface area contributed by atoms with Crippen molar-refractivity contribution in [2.24, 2.45) is 0 Å². The molecule has 0 amide bonds. The lowest BCUT2D eigenvalue weighted by Crippen LogP contribution is -1.90. The predicted molar refractivity (Wildman–Crippen MR) is 76.8 cm³/mol. The minimum Gasteiger partial charge on any atom is -0.388 e. The van der Waals surface area contributed by atoms with Crippen LogP contribution in [-0.2, 0) is 0 Å². The van der Waals surface area contributed by atoms with Crippen molar-refractivity contribution in [2.45, 2.75) is 0 Å². The van der Waals surface area contributed by atoms with Gasteiger partial charge in [0.05, 0.1) is 0 Å². The predicted octanol–water partition coefficient (Wildman–Crippen LogP) is 4.61. The molecule has 0 saturated heterocycles. The summed E-state index contributed by atoms with van der Waals surface area (Å²) in [6.07, 6.45) is 0. The number of hydrogen-bond donors (Lipinski definition) is 1. The summed E-state index contributed by atoms with van der Waals surface area (Å²) in [7, 11) is 1.97. The van der Waals surface area contributed by atoms with E-state index in [1.54, 1.807) is 11.3 Å². The smallest absolute Gasteiger partial charge is 0.0417 e. The maximum atomic E-state index is 3.25. The van der Waals surface area contributed by atoms with Gasteiger partial charge in [-0.2, -0.15) is 0 Å². The van der Waals surface area contributed by atoms with Gasteiger partial charge in [0, 0.05) is 33.9 Å². The van der Waals surface area contributed by atoms with Crippen LogP contribution in [0.4, 0.5) is 5.69 Å². The Bertz CT molecular complexity index is 655. The quantitative estimate of drug-likeness (QED) is 0.688. The molecule has 1 nitrogen and oxygen atoms in total. The fraction of sp³-hybridized carbons (Fsp3) is 0.0667. The van der Waals surface area contributed by atoms with E-state index in [1.165, 1.54) is 26.9 Å². The molecule has 0 unspecified atom stereocenters. The molecule has 0 saturated carbocycles. The Morgan fingerprint density at radius 1 is 0.882 bits per heavy atom. The third-order valence-corrected chi connectivity index (χ3v) is 3.93. The highest BCUT2D eigenvalue weighted by atomic mass is 32.1. The molecule has 0 bridgehead atoms. The van der Waals surface area contributed by atoms with Crippen LogP contribution in [0, 0.1) is 0 Å². The molecule has 17 heavy (non-hydrogen) atoms. The second-order valence-electron chi connectivity index (χ2n) is 3.94. The van der Waals surface area contributed by atoms with Gasteiger partial charge >= 0.3 is 0 Å². The van der Waals surface area contributed by atoms with E-state index in [0.717, 1.165) is 0 Å². The standard InChI is InChI=1S/C15H13NS/c1-16-14-8-4-2-6-11(14)13-10-17-15-9-5-3-7-12(13)15/h2-10,16H,1H3. The lowest BCUT2D eigenvalue weighted by molar-refractivity contribution is 1.51. The van der Waals surface area contributed by atoms with E-state index in [1.807, 2.05) is 7.05 Å². The summed E-state index contributed by atoms with van der Waals surface area (Å²) in [6.45, 7) is 0. The largest absolute Gasteiger partial charge is 0.388 e. The molecular formula is C15H13NS. The first-order valence-electron chi connectivity index (χ1n) is 5.63. The van der Waals surface area contributed by atoms with Crippen LogP contribution in [0.15, 0.2) is 53.9 Å². The van der Waals surface area contributed by atoms with Crippen molar-refractivity contribution >= 4 is 27.1 Å². The number of fused-ring (bicyclic) bond motifs is 1. The monoisotopic (exact) mass is 239 g/mol. The summed E-state index contributed by atoms with van der Waals surface area (Å²) in [4.78, 5) is 0. The topological polar surface area (TPSA) is 12.0 Å². The second kappa shape index (κ2) is 4.22. The van der Waals surface area contributed by atoms with Gasteiger partial charge in [0.25, 0.3) is 0 Å². The molecule has 0 aliphatic rings. The number of benzene rings is 2. The van der Waals surface area contributed by atoms with E-state index in [0.29, 0.717) is 0 Å². The Morgan fingerprint density at radius 3 is 2.53 bits per heavy atom. The first-order valence-corrected chi connectivity index (χ1v) is 6.51. The molecule has 0 aliphatic heterocycles. The van der Waals surface area contributed by atoms with Gasteiger partial charge in [0.15, 0.2) is 0 Å². The summed E-state index contributed by atoms with van der Waals surface area (Å²) in [5.41, 5.74) is 3.76. The van der Waals surface area contributed by atoms with E-state index < -0.39 is 0 Å². The normalized spacial score (nSPS) is 10.6. The molecule has 0 spiro atoms. The summed E-state index contributed by atoms with van der Waals surface area (Å²) >= 11 is 1.80. The van der Waals surface area contributed by atoms with Crippen molar-refractivity contribution in [3.05, 3.63) is 53.9 Å². The highest BCUT2D eigenvalue weighted by molar-refractivity contribution is 7.17. The molecule has 1 heterocycles.